The zero-order chi connectivity index (χ0) is 26.0. The summed E-state index contributed by atoms with van der Waals surface area (Å²) in [5.41, 5.74) is 7.68. The lowest BCUT2D eigenvalue weighted by molar-refractivity contribution is -0.124. The van der Waals surface area contributed by atoms with Gasteiger partial charge in [0.2, 0.25) is 11.8 Å². The van der Waals surface area contributed by atoms with Crippen LogP contribution in [0.1, 0.15) is 67.2 Å². The van der Waals surface area contributed by atoms with Crippen LogP contribution in [0.15, 0.2) is 48.8 Å². The van der Waals surface area contributed by atoms with E-state index in [1.807, 2.05) is 13.8 Å². The largest absolute Gasteiger partial charge is 0.477 e. The molecule has 1 aromatic carbocycles. The number of anilines is 1. The first kappa shape index (κ1) is 25.1. The number of nitrogens with zero attached hydrogens (tertiary/aromatic N) is 4. The number of primary amides is 1. The van der Waals surface area contributed by atoms with E-state index in [1.54, 1.807) is 36.4 Å². The molecule has 36 heavy (non-hydrogen) atoms. The third kappa shape index (κ3) is 5.15. The van der Waals surface area contributed by atoms with E-state index in [0.717, 1.165) is 31.2 Å². The Bertz CT molecular complexity index is 1270. The smallest absolute Gasteiger partial charge is 0.341 e. The number of carboxylic acid groups (broad SMARTS) is 1. The van der Waals surface area contributed by atoms with Crippen LogP contribution in [-0.2, 0) is 4.79 Å². The molecule has 1 saturated carbocycles. The quantitative estimate of drug-likeness (QED) is 0.509. The fraction of sp³-hybridized carbons (Fsp3) is 0.370. The number of rotatable bonds is 7. The molecule has 1 aliphatic rings. The molecule has 3 aromatic rings. The number of hydrogen-bond donors (Lipinski definition) is 2. The van der Waals surface area contributed by atoms with E-state index in [1.165, 1.54) is 22.0 Å². The molecule has 0 unspecified atom stereocenters. The van der Waals surface area contributed by atoms with Gasteiger partial charge in [0.05, 0.1) is 11.4 Å². The van der Waals surface area contributed by atoms with Crippen molar-refractivity contribution in [2.45, 2.75) is 52.5 Å². The fourth-order valence-electron chi connectivity index (χ4n) is 4.66. The van der Waals surface area contributed by atoms with Gasteiger partial charge in [0.25, 0.3) is 0 Å². The zero-order valence-corrected chi connectivity index (χ0v) is 20.7. The lowest BCUT2D eigenvalue weighted by Gasteiger charge is -2.32. The summed E-state index contributed by atoms with van der Waals surface area (Å²) in [6.45, 7) is 5.94. The van der Waals surface area contributed by atoms with Gasteiger partial charge >= 0.3 is 5.97 Å². The SMILES string of the molecule is CC(C)N(c1nn(-c2ccc(-c3cc(C(N)=O)ccn3)cc2)cc1C(=O)O)C(=O)[C@H]1CC[C@H](C)CC1. The third-order valence-corrected chi connectivity index (χ3v) is 6.74. The number of carboxylic acids is 1. The lowest BCUT2D eigenvalue weighted by Crippen LogP contribution is -2.43. The summed E-state index contributed by atoms with van der Waals surface area (Å²) in [5, 5.41) is 14.5. The summed E-state index contributed by atoms with van der Waals surface area (Å²) in [6, 6.07) is 10.1. The van der Waals surface area contributed by atoms with Gasteiger partial charge in [-0.2, -0.15) is 0 Å². The molecule has 1 aliphatic carbocycles. The lowest BCUT2D eigenvalue weighted by atomic mass is 9.82. The molecule has 2 amide bonds. The van der Waals surface area contributed by atoms with E-state index in [4.69, 9.17) is 5.73 Å². The Labute approximate surface area is 209 Å². The second kappa shape index (κ2) is 10.3. The number of benzene rings is 1. The average Bonchev–Trinajstić information content (AvgIpc) is 3.29. The number of aromatic carboxylic acids is 1. The number of pyridine rings is 1. The summed E-state index contributed by atoms with van der Waals surface area (Å²) in [6.07, 6.45) is 6.55. The second-order valence-electron chi connectivity index (χ2n) is 9.72. The van der Waals surface area contributed by atoms with Crippen LogP contribution in [0.3, 0.4) is 0 Å². The minimum absolute atomic E-state index is 0.0267. The van der Waals surface area contributed by atoms with Crippen molar-refractivity contribution in [1.29, 1.82) is 0 Å². The molecule has 2 aromatic heterocycles. The van der Waals surface area contributed by atoms with E-state index in [9.17, 15) is 19.5 Å². The van der Waals surface area contributed by atoms with Crippen molar-refractivity contribution in [2.75, 3.05) is 4.90 Å². The molecule has 4 rings (SSSR count). The van der Waals surface area contributed by atoms with Gasteiger partial charge in [-0.1, -0.05) is 19.1 Å². The minimum Gasteiger partial charge on any atom is -0.477 e. The molecule has 3 N–H and O–H groups in total. The fourth-order valence-corrected chi connectivity index (χ4v) is 4.66. The topological polar surface area (TPSA) is 131 Å². The van der Waals surface area contributed by atoms with E-state index < -0.39 is 11.9 Å². The van der Waals surface area contributed by atoms with Crippen LogP contribution in [-0.4, -0.2) is 43.7 Å². The molecule has 188 valence electrons. The Kier molecular flexibility index (Phi) is 7.19. The minimum atomic E-state index is -1.14. The number of nitrogens with two attached hydrogens (primary N) is 1. The van der Waals surface area contributed by atoms with Crippen LogP contribution in [0, 0.1) is 11.8 Å². The van der Waals surface area contributed by atoms with Gasteiger partial charge in [-0.25, -0.2) is 9.48 Å². The highest BCUT2D eigenvalue weighted by Gasteiger charge is 2.34. The Balaban J connectivity index is 1.66. The van der Waals surface area contributed by atoms with Crippen molar-refractivity contribution >= 4 is 23.6 Å². The maximum absolute atomic E-state index is 13.5. The molecule has 0 spiro atoms. The molecule has 2 heterocycles. The van der Waals surface area contributed by atoms with Crippen LogP contribution in [0.25, 0.3) is 16.9 Å². The number of hydrogen-bond acceptors (Lipinski definition) is 5. The molecule has 0 aliphatic heterocycles. The first-order chi connectivity index (χ1) is 17.2. The van der Waals surface area contributed by atoms with Gasteiger partial charge in [-0.3, -0.25) is 19.5 Å². The van der Waals surface area contributed by atoms with Crippen LogP contribution in [0.5, 0.6) is 0 Å². The summed E-state index contributed by atoms with van der Waals surface area (Å²) in [7, 11) is 0. The van der Waals surface area contributed by atoms with Gasteiger partial charge in [-0.15, -0.1) is 5.10 Å². The van der Waals surface area contributed by atoms with Crippen molar-refractivity contribution in [3.8, 4) is 16.9 Å². The van der Waals surface area contributed by atoms with E-state index in [0.29, 0.717) is 22.9 Å². The number of amides is 2. The van der Waals surface area contributed by atoms with Crippen molar-refractivity contribution in [3.63, 3.8) is 0 Å². The van der Waals surface area contributed by atoms with Crippen molar-refractivity contribution in [3.05, 3.63) is 59.9 Å². The van der Waals surface area contributed by atoms with E-state index in [-0.39, 0.29) is 29.2 Å². The predicted molar refractivity (Wildman–Crippen MR) is 136 cm³/mol. The maximum Gasteiger partial charge on any atom is 0.341 e. The molecule has 0 atom stereocenters. The number of aromatic nitrogens is 3. The maximum atomic E-state index is 13.5. The first-order valence-electron chi connectivity index (χ1n) is 12.2. The van der Waals surface area contributed by atoms with Gasteiger partial charge in [0.15, 0.2) is 5.82 Å². The van der Waals surface area contributed by atoms with E-state index in [2.05, 4.69) is 17.0 Å². The molecule has 0 bridgehead atoms. The van der Waals surface area contributed by atoms with E-state index >= 15 is 0 Å². The van der Waals surface area contributed by atoms with Crippen LogP contribution < -0.4 is 10.6 Å². The standard InChI is InChI=1S/C27H31N5O4/c1-16(2)32(26(34)19-6-4-17(3)5-7-19)25-22(27(35)36)15-31(30-25)21-10-8-18(9-11-21)23-14-20(24(28)33)12-13-29-23/h8-17,19H,4-7H2,1-3H3,(H2,28,33)(H,35,36)/t17-,19-. The van der Waals surface area contributed by atoms with Crippen LogP contribution in [0.2, 0.25) is 0 Å². The third-order valence-electron chi connectivity index (χ3n) is 6.74. The van der Waals surface area contributed by atoms with Gasteiger partial charge < -0.3 is 10.8 Å². The number of carbonyl (C=O) groups is 3. The van der Waals surface area contributed by atoms with Gasteiger partial charge in [0, 0.05) is 35.5 Å². The van der Waals surface area contributed by atoms with Crippen molar-refractivity contribution in [2.24, 2.45) is 17.6 Å². The summed E-state index contributed by atoms with van der Waals surface area (Å²) in [4.78, 5) is 42.9. The highest BCUT2D eigenvalue weighted by atomic mass is 16.4. The van der Waals surface area contributed by atoms with Crippen molar-refractivity contribution < 1.29 is 19.5 Å². The molecule has 0 saturated heterocycles. The summed E-state index contributed by atoms with van der Waals surface area (Å²) in [5.74, 6) is -1.12. The van der Waals surface area contributed by atoms with Crippen LogP contribution in [0.4, 0.5) is 5.82 Å². The molecule has 1 fully saturated rings. The Morgan fingerprint density at radius 3 is 2.33 bits per heavy atom. The first-order valence-corrected chi connectivity index (χ1v) is 12.2. The molecule has 0 radical (unpaired) electrons. The van der Waals surface area contributed by atoms with Gasteiger partial charge in [0.1, 0.15) is 5.56 Å². The predicted octanol–water partition coefficient (Wildman–Crippen LogP) is 4.30. The Morgan fingerprint density at radius 1 is 1.08 bits per heavy atom. The molecule has 9 heteroatoms. The van der Waals surface area contributed by atoms with Gasteiger partial charge in [-0.05, 0) is 69.7 Å². The average molecular weight is 490 g/mol. The molecule has 9 nitrogen and oxygen atoms in total. The molecular weight excluding hydrogens is 458 g/mol. The highest BCUT2D eigenvalue weighted by Crippen LogP contribution is 2.33. The summed E-state index contributed by atoms with van der Waals surface area (Å²) >= 11 is 0. The Hall–Kier alpha value is -4.01. The normalized spacial score (nSPS) is 17.7. The zero-order valence-electron chi connectivity index (χ0n) is 20.7. The molecular formula is C27H31N5O4. The second-order valence-corrected chi connectivity index (χ2v) is 9.72. The number of carbonyl (C=O) groups excluding carboxylic acids is 2. The highest BCUT2D eigenvalue weighted by molar-refractivity contribution is 6.01. The van der Waals surface area contributed by atoms with Crippen LogP contribution >= 0.6 is 0 Å². The summed E-state index contributed by atoms with van der Waals surface area (Å²) < 4.78 is 1.47. The van der Waals surface area contributed by atoms with Crippen molar-refractivity contribution in [1.82, 2.24) is 14.8 Å². The Morgan fingerprint density at radius 2 is 1.75 bits per heavy atom. The monoisotopic (exact) mass is 489 g/mol.